The van der Waals surface area contributed by atoms with Crippen molar-refractivity contribution < 1.29 is 9.59 Å². The fourth-order valence-corrected chi connectivity index (χ4v) is 4.25. The van der Waals surface area contributed by atoms with Gasteiger partial charge in [0.15, 0.2) is 5.65 Å². The second-order valence-corrected chi connectivity index (χ2v) is 7.91. The number of fused-ring (bicyclic) bond motifs is 4. The standard InChI is InChI=1S/C21H17BrN4O2/c22-13-6-7-17-14(12-13)20-21(24-16-5-2-1-4-15(16)23-20)25(17)10-3-11-26-18(27)8-9-19(26)28/h1-2,4-7,12H,3,8-11H2. The van der Waals surface area contributed by atoms with E-state index in [0.29, 0.717) is 32.4 Å². The quantitative estimate of drug-likeness (QED) is 0.452. The van der Waals surface area contributed by atoms with Gasteiger partial charge >= 0.3 is 0 Å². The summed E-state index contributed by atoms with van der Waals surface area (Å²) in [7, 11) is 0. The van der Waals surface area contributed by atoms with Crippen molar-refractivity contribution in [1.29, 1.82) is 0 Å². The van der Waals surface area contributed by atoms with Gasteiger partial charge in [-0.1, -0.05) is 28.1 Å². The van der Waals surface area contributed by atoms with Crippen LogP contribution in [-0.4, -0.2) is 37.8 Å². The third-order valence-electron chi connectivity index (χ3n) is 5.23. The molecule has 0 N–H and O–H groups in total. The lowest BCUT2D eigenvalue weighted by atomic mass is 10.2. The first-order chi connectivity index (χ1) is 13.6. The first-order valence-electron chi connectivity index (χ1n) is 9.29. The second kappa shape index (κ2) is 6.67. The van der Waals surface area contributed by atoms with Crippen LogP contribution in [0, 0.1) is 0 Å². The summed E-state index contributed by atoms with van der Waals surface area (Å²) in [6, 6.07) is 14.0. The van der Waals surface area contributed by atoms with E-state index in [1.54, 1.807) is 0 Å². The van der Waals surface area contributed by atoms with Gasteiger partial charge in [0, 0.05) is 35.8 Å². The second-order valence-electron chi connectivity index (χ2n) is 6.99. The van der Waals surface area contributed by atoms with Gasteiger partial charge in [0.05, 0.1) is 16.6 Å². The number of likely N-dealkylation sites (tertiary alicyclic amines) is 1. The number of carbonyl (C=O) groups is 2. The minimum Gasteiger partial charge on any atom is -0.324 e. The fraction of sp³-hybridized carbons (Fsp3) is 0.238. The fourth-order valence-electron chi connectivity index (χ4n) is 3.89. The topological polar surface area (TPSA) is 68.1 Å². The molecule has 1 fully saturated rings. The minimum atomic E-state index is -0.0676. The maximum Gasteiger partial charge on any atom is 0.229 e. The average Bonchev–Trinajstić information content (AvgIpc) is 3.17. The molecule has 6 nitrogen and oxygen atoms in total. The molecule has 7 heteroatoms. The summed E-state index contributed by atoms with van der Waals surface area (Å²) in [6.07, 6.45) is 1.35. The molecular weight excluding hydrogens is 420 g/mol. The smallest absolute Gasteiger partial charge is 0.229 e. The van der Waals surface area contributed by atoms with Gasteiger partial charge in [0.2, 0.25) is 11.8 Å². The molecule has 1 aliphatic rings. The third-order valence-corrected chi connectivity index (χ3v) is 5.72. The van der Waals surface area contributed by atoms with E-state index < -0.39 is 0 Å². The summed E-state index contributed by atoms with van der Waals surface area (Å²) in [4.78, 5) is 34.8. The zero-order valence-electron chi connectivity index (χ0n) is 15.1. The van der Waals surface area contributed by atoms with Crippen LogP contribution in [0.3, 0.4) is 0 Å². The highest BCUT2D eigenvalue weighted by Crippen LogP contribution is 2.30. The molecule has 0 aliphatic carbocycles. The zero-order valence-corrected chi connectivity index (χ0v) is 16.6. The molecule has 140 valence electrons. The first kappa shape index (κ1) is 17.3. The SMILES string of the molecule is O=C1CCC(=O)N1CCCn1c2ccc(Br)cc2c2nc3ccccc3nc21. The molecule has 0 spiro atoms. The largest absolute Gasteiger partial charge is 0.324 e. The summed E-state index contributed by atoms with van der Waals surface area (Å²) in [5.41, 5.74) is 4.45. The number of imide groups is 1. The van der Waals surface area contributed by atoms with Crippen LogP contribution in [0.4, 0.5) is 0 Å². The summed E-state index contributed by atoms with van der Waals surface area (Å²) in [5, 5.41) is 1.04. The highest BCUT2D eigenvalue weighted by molar-refractivity contribution is 9.10. The van der Waals surface area contributed by atoms with Crippen LogP contribution < -0.4 is 0 Å². The molecule has 28 heavy (non-hydrogen) atoms. The van der Waals surface area contributed by atoms with E-state index in [0.717, 1.165) is 37.6 Å². The molecule has 0 unspecified atom stereocenters. The van der Waals surface area contributed by atoms with E-state index in [1.165, 1.54) is 4.90 Å². The minimum absolute atomic E-state index is 0.0676. The monoisotopic (exact) mass is 436 g/mol. The molecule has 0 saturated carbocycles. The Morgan fingerprint density at radius 2 is 1.64 bits per heavy atom. The Balaban J connectivity index is 1.58. The predicted octanol–water partition coefficient (Wildman–Crippen LogP) is 4.04. The van der Waals surface area contributed by atoms with Gasteiger partial charge < -0.3 is 4.57 Å². The van der Waals surface area contributed by atoms with Gasteiger partial charge in [-0.3, -0.25) is 14.5 Å². The van der Waals surface area contributed by atoms with Crippen molar-refractivity contribution in [3.05, 3.63) is 46.9 Å². The number of carbonyl (C=O) groups excluding carboxylic acids is 2. The maximum atomic E-state index is 11.9. The van der Waals surface area contributed by atoms with Crippen molar-refractivity contribution in [1.82, 2.24) is 19.4 Å². The lowest BCUT2D eigenvalue weighted by molar-refractivity contribution is -0.138. The molecular formula is C21H17BrN4O2. The number of halogens is 1. The lowest BCUT2D eigenvalue weighted by Gasteiger charge is -2.14. The van der Waals surface area contributed by atoms with Crippen molar-refractivity contribution in [2.75, 3.05) is 6.54 Å². The van der Waals surface area contributed by atoms with E-state index in [9.17, 15) is 9.59 Å². The molecule has 1 saturated heterocycles. The Morgan fingerprint density at radius 1 is 0.929 bits per heavy atom. The first-order valence-corrected chi connectivity index (χ1v) is 10.1. The molecule has 0 atom stereocenters. The number of aromatic nitrogens is 3. The van der Waals surface area contributed by atoms with E-state index in [4.69, 9.17) is 9.97 Å². The third kappa shape index (κ3) is 2.77. The van der Waals surface area contributed by atoms with Crippen LogP contribution in [-0.2, 0) is 16.1 Å². The van der Waals surface area contributed by atoms with Crippen LogP contribution >= 0.6 is 15.9 Å². The van der Waals surface area contributed by atoms with Crippen LogP contribution in [0.25, 0.3) is 33.1 Å². The van der Waals surface area contributed by atoms with Gasteiger partial charge in [-0.2, -0.15) is 0 Å². The van der Waals surface area contributed by atoms with Crippen LogP contribution in [0.5, 0.6) is 0 Å². The Hall–Kier alpha value is -2.80. The molecule has 2 aromatic heterocycles. The summed E-state index contributed by atoms with van der Waals surface area (Å²) < 4.78 is 3.13. The van der Waals surface area contributed by atoms with Crippen LogP contribution in [0.2, 0.25) is 0 Å². The maximum absolute atomic E-state index is 11.9. The van der Waals surface area contributed by atoms with Gasteiger partial charge in [-0.25, -0.2) is 9.97 Å². The van der Waals surface area contributed by atoms with Gasteiger partial charge in [0.25, 0.3) is 0 Å². The van der Waals surface area contributed by atoms with Crippen molar-refractivity contribution in [3.8, 4) is 0 Å². The number of hydrogen-bond acceptors (Lipinski definition) is 4. The van der Waals surface area contributed by atoms with Crippen LogP contribution in [0.15, 0.2) is 46.9 Å². The summed E-state index contributed by atoms with van der Waals surface area (Å²) in [6.45, 7) is 1.10. The molecule has 2 aromatic carbocycles. The average molecular weight is 437 g/mol. The Bertz CT molecular complexity index is 1250. The number of para-hydroxylation sites is 2. The molecule has 0 bridgehead atoms. The number of hydrogen-bond donors (Lipinski definition) is 0. The van der Waals surface area contributed by atoms with E-state index >= 15 is 0 Å². The predicted molar refractivity (Wildman–Crippen MR) is 111 cm³/mol. The highest BCUT2D eigenvalue weighted by atomic mass is 79.9. The number of rotatable bonds is 4. The number of benzene rings is 2. The molecule has 5 rings (SSSR count). The molecule has 2 amide bonds. The molecule has 3 heterocycles. The van der Waals surface area contributed by atoms with Crippen LogP contribution in [0.1, 0.15) is 19.3 Å². The van der Waals surface area contributed by atoms with Crippen molar-refractivity contribution in [3.63, 3.8) is 0 Å². The zero-order chi connectivity index (χ0) is 19.3. The number of aryl methyl sites for hydroxylation is 1. The normalized spacial score (nSPS) is 14.8. The van der Waals surface area contributed by atoms with Crippen molar-refractivity contribution in [2.45, 2.75) is 25.8 Å². The Kier molecular flexibility index (Phi) is 4.12. The summed E-state index contributed by atoms with van der Waals surface area (Å²) in [5.74, 6) is -0.135. The Labute approximate surface area is 169 Å². The van der Waals surface area contributed by atoms with Gasteiger partial charge in [-0.05, 0) is 36.8 Å². The van der Waals surface area contributed by atoms with Gasteiger partial charge in [-0.15, -0.1) is 0 Å². The Morgan fingerprint density at radius 3 is 2.39 bits per heavy atom. The molecule has 1 aliphatic heterocycles. The summed E-state index contributed by atoms with van der Waals surface area (Å²) >= 11 is 3.55. The van der Waals surface area contributed by atoms with Crippen molar-refractivity contribution in [2.24, 2.45) is 0 Å². The van der Waals surface area contributed by atoms with Crippen molar-refractivity contribution >= 4 is 60.8 Å². The molecule has 4 aromatic rings. The van der Waals surface area contributed by atoms with E-state index in [1.807, 2.05) is 30.3 Å². The molecule has 0 radical (unpaired) electrons. The van der Waals surface area contributed by atoms with Gasteiger partial charge in [0.1, 0.15) is 5.52 Å². The number of amides is 2. The highest BCUT2D eigenvalue weighted by Gasteiger charge is 2.28. The van der Waals surface area contributed by atoms with E-state index in [2.05, 4.69) is 32.6 Å². The van der Waals surface area contributed by atoms with E-state index in [-0.39, 0.29) is 11.8 Å². The lowest BCUT2D eigenvalue weighted by Crippen LogP contribution is -2.30. The number of nitrogens with zero attached hydrogens (tertiary/aromatic N) is 4.